The Morgan fingerprint density at radius 2 is 2.04 bits per heavy atom. The van der Waals surface area contributed by atoms with Gasteiger partial charge in [-0.05, 0) is 50.9 Å². The lowest BCUT2D eigenvalue weighted by atomic mass is 10.0. The van der Waals surface area contributed by atoms with E-state index in [1.54, 1.807) is 14.0 Å². The van der Waals surface area contributed by atoms with E-state index in [4.69, 9.17) is 9.15 Å². The van der Waals surface area contributed by atoms with Crippen molar-refractivity contribution in [2.75, 3.05) is 25.5 Å². The SMILES string of the molecule is COc1ccc(C2CCCCCN2CC(=O)Nc2oc(C)c(C)c2C#N)cc1. The highest BCUT2D eigenvalue weighted by atomic mass is 16.5. The van der Waals surface area contributed by atoms with Crippen molar-refractivity contribution in [2.45, 2.75) is 45.6 Å². The van der Waals surface area contributed by atoms with Crippen LogP contribution >= 0.6 is 0 Å². The third-order valence-corrected chi connectivity index (χ3v) is 5.46. The highest BCUT2D eigenvalue weighted by Crippen LogP contribution is 2.31. The molecule has 1 aliphatic heterocycles. The number of carbonyl (C=O) groups excluding carboxylic acids is 1. The van der Waals surface area contributed by atoms with Crippen molar-refractivity contribution in [3.8, 4) is 11.8 Å². The van der Waals surface area contributed by atoms with Gasteiger partial charge in [-0.2, -0.15) is 5.26 Å². The van der Waals surface area contributed by atoms with E-state index in [1.165, 1.54) is 12.0 Å². The predicted octanol–water partition coefficient (Wildman–Crippen LogP) is 4.33. The van der Waals surface area contributed by atoms with E-state index in [1.807, 2.05) is 19.1 Å². The summed E-state index contributed by atoms with van der Waals surface area (Å²) < 4.78 is 10.8. The van der Waals surface area contributed by atoms with Gasteiger partial charge in [0.15, 0.2) is 0 Å². The van der Waals surface area contributed by atoms with Crippen LogP contribution in [0.1, 0.15) is 54.2 Å². The minimum atomic E-state index is -0.161. The van der Waals surface area contributed by atoms with Crippen LogP contribution in [0.5, 0.6) is 5.75 Å². The number of rotatable bonds is 5. The van der Waals surface area contributed by atoms with Gasteiger partial charge >= 0.3 is 0 Å². The van der Waals surface area contributed by atoms with Gasteiger partial charge in [-0.15, -0.1) is 0 Å². The maximum absolute atomic E-state index is 12.7. The fourth-order valence-electron chi connectivity index (χ4n) is 3.76. The number of benzene rings is 1. The van der Waals surface area contributed by atoms with Crippen LogP contribution in [0.4, 0.5) is 5.88 Å². The number of hydrogen-bond acceptors (Lipinski definition) is 5. The molecule has 1 aromatic carbocycles. The molecule has 1 fully saturated rings. The molecule has 2 aromatic rings. The van der Waals surface area contributed by atoms with Gasteiger partial charge in [-0.1, -0.05) is 25.0 Å². The summed E-state index contributed by atoms with van der Waals surface area (Å²) >= 11 is 0. The number of nitrogens with zero attached hydrogens (tertiary/aromatic N) is 2. The van der Waals surface area contributed by atoms with Crippen LogP contribution in [0.3, 0.4) is 0 Å². The Morgan fingerprint density at radius 1 is 1.29 bits per heavy atom. The number of likely N-dealkylation sites (tertiary alicyclic amines) is 1. The van der Waals surface area contributed by atoms with Gasteiger partial charge in [0.1, 0.15) is 23.1 Å². The van der Waals surface area contributed by atoms with Crippen molar-refractivity contribution in [1.82, 2.24) is 4.90 Å². The molecular formula is C22H27N3O3. The van der Waals surface area contributed by atoms with Crippen LogP contribution < -0.4 is 10.1 Å². The fraction of sp³-hybridized carbons (Fsp3) is 0.455. The molecule has 0 bridgehead atoms. The van der Waals surface area contributed by atoms with E-state index < -0.39 is 0 Å². The molecule has 1 aliphatic rings. The van der Waals surface area contributed by atoms with Gasteiger partial charge < -0.3 is 9.15 Å². The second kappa shape index (κ2) is 8.94. The molecule has 6 heteroatoms. The molecule has 1 amide bonds. The molecule has 1 saturated heterocycles. The number of furan rings is 1. The van der Waals surface area contributed by atoms with E-state index in [9.17, 15) is 10.1 Å². The molecule has 6 nitrogen and oxygen atoms in total. The summed E-state index contributed by atoms with van der Waals surface area (Å²) in [4.78, 5) is 14.9. The molecule has 1 N–H and O–H groups in total. The smallest absolute Gasteiger partial charge is 0.240 e. The highest BCUT2D eigenvalue weighted by molar-refractivity contribution is 5.92. The number of ether oxygens (including phenoxy) is 1. The van der Waals surface area contributed by atoms with Crippen molar-refractivity contribution in [2.24, 2.45) is 0 Å². The Balaban J connectivity index is 1.74. The summed E-state index contributed by atoms with van der Waals surface area (Å²) in [5.74, 6) is 1.57. The third-order valence-electron chi connectivity index (χ3n) is 5.46. The molecule has 0 spiro atoms. The molecule has 148 valence electrons. The minimum absolute atomic E-state index is 0.161. The molecule has 0 aliphatic carbocycles. The van der Waals surface area contributed by atoms with Gasteiger partial charge in [0.2, 0.25) is 11.8 Å². The maximum Gasteiger partial charge on any atom is 0.240 e. The molecule has 3 rings (SSSR count). The predicted molar refractivity (Wildman–Crippen MR) is 107 cm³/mol. The average Bonchev–Trinajstić information content (AvgIpc) is 2.85. The molecule has 1 atom stereocenters. The summed E-state index contributed by atoms with van der Waals surface area (Å²) in [6.45, 7) is 4.74. The second-order valence-corrected chi connectivity index (χ2v) is 7.26. The lowest BCUT2D eigenvalue weighted by molar-refractivity contribution is -0.118. The van der Waals surface area contributed by atoms with Crippen LogP contribution in [0, 0.1) is 25.2 Å². The first-order valence-electron chi connectivity index (χ1n) is 9.71. The van der Waals surface area contributed by atoms with E-state index in [2.05, 4.69) is 28.4 Å². The summed E-state index contributed by atoms with van der Waals surface area (Å²) in [7, 11) is 1.66. The zero-order chi connectivity index (χ0) is 20.1. The first kappa shape index (κ1) is 20.0. The highest BCUT2D eigenvalue weighted by Gasteiger charge is 2.25. The van der Waals surface area contributed by atoms with Crippen LogP contribution in [-0.2, 0) is 4.79 Å². The quantitative estimate of drug-likeness (QED) is 0.834. The Morgan fingerprint density at radius 3 is 2.71 bits per heavy atom. The topological polar surface area (TPSA) is 78.5 Å². The number of nitriles is 1. The van der Waals surface area contributed by atoms with Gasteiger partial charge in [0, 0.05) is 11.6 Å². The van der Waals surface area contributed by atoms with E-state index in [0.29, 0.717) is 11.3 Å². The van der Waals surface area contributed by atoms with E-state index in [-0.39, 0.29) is 24.4 Å². The largest absolute Gasteiger partial charge is 0.497 e. The van der Waals surface area contributed by atoms with Gasteiger partial charge in [-0.25, -0.2) is 0 Å². The molecule has 28 heavy (non-hydrogen) atoms. The zero-order valence-electron chi connectivity index (χ0n) is 16.7. The van der Waals surface area contributed by atoms with Gasteiger partial charge in [0.05, 0.1) is 13.7 Å². The van der Waals surface area contributed by atoms with E-state index >= 15 is 0 Å². The van der Waals surface area contributed by atoms with Crippen molar-refractivity contribution < 1.29 is 13.9 Å². The van der Waals surface area contributed by atoms with Crippen LogP contribution in [0.2, 0.25) is 0 Å². The Labute approximate surface area is 166 Å². The first-order chi connectivity index (χ1) is 13.5. The van der Waals surface area contributed by atoms with Crippen LogP contribution in [-0.4, -0.2) is 31.0 Å². The van der Waals surface area contributed by atoms with E-state index in [0.717, 1.165) is 37.1 Å². The van der Waals surface area contributed by atoms with Crippen molar-refractivity contribution in [3.63, 3.8) is 0 Å². The Bertz CT molecular complexity index is 864. The zero-order valence-corrected chi connectivity index (χ0v) is 16.7. The number of anilines is 1. The molecule has 1 aromatic heterocycles. The fourth-order valence-corrected chi connectivity index (χ4v) is 3.76. The lowest BCUT2D eigenvalue weighted by Gasteiger charge is -2.29. The molecule has 0 radical (unpaired) electrons. The number of amides is 1. The summed E-state index contributed by atoms with van der Waals surface area (Å²) in [6.07, 6.45) is 4.40. The summed E-state index contributed by atoms with van der Waals surface area (Å²) in [5.41, 5.74) is 2.36. The monoisotopic (exact) mass is 381 g/mol. The second-order valence-electron chi connectivity index (χ2n) is 7.26. The van der Waals surface area contributed by atoms with Crippen LogP contribution in [0.15, 0.2) is 28.7 Å². The molecule has 0 saturated carbocycles. The average molecular weight is 381 g/mol. The van der Waals surface area contributed by atoms with Gasteiger partial charge in [0.25, 0.3) is 0 Å². The Kier molecular flexibility index (Phi) is 6.37. The molecular weight excluding hydrogens is 354 g/mol. The summed E-state index contributed by atoms with van der Waals surface area (Å²) in [5, 5.41) is 12.1. The van der Waals surface area contributed by atoms with Crippen molar-refractivity contribution in [3.05, 3.63) is 46.7 Å². The first-order valence-corrected chi connectivity index (χ1v) is 9.71. The minimum Gasteiger partial charge on any atom is -0.497 e. The standard InChI is InChI=1S/C22H27N3O3/c1-15-16(2)28-22(19(15)13-23)24-21(26)14-25-12-6-4-5-7-20(25)17-8-10-18(27-3)11-9-17/h8-11,20H,4-7,12,14H2,1-3H3,(H,24,26). The summed E-state index contributed by atoms with van der Waals surface area (Å²) in [6, 6.07) is 10.4. The molecule has 2 heterocycles. The normalized spacial score (nSPS) is 17.6. The number of hydrogen-bond donors (Lipinski definition) is 1. The van der Waals surface area contributed by atoms with Gasteiger partial charge in [-0.3, -0.25) is 15.0 Å². The Hall–Kier alpha value is -2.78. The van der Waals surface area contributed by atoms with Crippen molar-refractivity contribution in [1.29, 1.82) is 5.26 Å². The maximum atomic E-state index is 12.7. The molecule has 1 unspecified atom stereocenters. The lowest BCUT2D eigenvalue weighted by Crippen LogP contribution is -2.36. The third kappa shape index (κ3) is 4.37. The van der Waals surface area contributed by atoms with Crippen LogP contribution in [0.25, 0.3) is 0 Å². The number of aryl methyl sites for hydroxylation is 1. The number of methoxy groups -OCH3 is 1. The van der Waals surface area contributed by atoms with Crippen molar-refractivity contribution >= 4 is 11.8 Å². The number of carbonyl (C=O) groups is 1. The number of nitrogens with one attached hydrogen (secondary N) is 1.